The van der Waals surface area contributed by atoms with E-state index in [4.69, 9.17) is 13.8 Å². The molecule has 1 atom stereocenters. The minimum atomic E-state index is -4.89. The van der Waals surface area contributed by atoms with Crippen LogP contribution in [0.25, 0.3) is 11.3 Å². The minimum Gasteiger partial charge on any atom is -0.495 e. The number of nitrogens with zero attached hydrogens (tertiary/aromatic N) is 5. The van der Waals surface area contributed by atoms with Crippen molar-refractivity contribution in [2.75, 3.05) is 38.0 Å². The first-order chi connectivity index (χ1) is 22.2. The fourth-order valence-corrected chi connectivity index (χ4v) is 6.23. The highest BCUT2D eigenvalue weighted by Gasteiger charge is 2.37. The largest absolute Gasteiger partial charge is 0.495 e. The summed E-state index contributed by atoms with van der Waals surface area (Å²) < 4.78 is 103. The molecule has 3 N–H and O–H groups in total. The van der Waals surface area contributed by atoms with Crippen LogP contribution in [0.3, 0.4) is 0 Å². The number of alkyl halides is 5. The first kappa shape index (κ1) is 33.7. The van der Waals surface area contributed by atoms with Gasteiger partial charge in [0.25, 0.3) is 11.8 Å². The summed E-state index contributed by atoms with van der Waals surface area (Å²) in [5, 5.41) is 11.6. The van der Waals surface area contributed by atoms with Gasteiger partial charge in [0, 0.05) is 25.0 Å². The van der Waals surface area contributed by atoms with Gasteiger partial charge in [-0.3, -0.25) is 14.0 Å². The second-order valence-corrected chi connectivity index (χ2v) is 12.2. The van der Waals surface area contributed by atoms with Gasteiger partial charge in [-0.25, -0.2) is 18.7 Å². The molecule has 0 spiro atoms. The lowest BCUT2D eigenvalue weighted by Gasteiger charge is -2.22. The van der Waals surface area contributed by atoms with Gasteiger partial charge >= 0.3 is 13.8 Å². The molecular formula is C28H28F5N8O5P. The lowest BCUT2D eigenvalue weighted by molar-refractivity contribution is -0.137. The van der Waals surface area contributed by atoms with Crippen molar-refractivity contribution in [3.8, 4) is 17.0 Å². The normalized spacial score (nSPS) is 18.0. The molecule has 4 aromatic rings. The molecule has 0 unspecified atom stereocenters. The van der Waals surface area contributed by atoms with Crippen molar-refractivity contribution in [2.24, 2.45) is 0 Å². The van der Waals surface area contributed by atoms with Gasteiger partial charge in [0.15, 0.2) is 5.69 Å². The van der Waals surface area contributed by atoms with Crippen LogP contribution < -0.4 is 20.7 Å². The predicted octanol–water partition coefficient (Wildman–Crippen LogP) is 6.00. The number of carbonyl (C=O) groups excluding carboxylic acids is 1. The Morgan fingerprint density at radius 1 is 1.15 bits per heavy atom. The standard InChI is InChI=1S/C28H28F5N8O5P/c1-4-45-47(43)13-16-5-6-20(22(9-16)44-3)39-26-35-11-18(28(31,32)33)24(40-26)38-21-8-7-19(37-23(21)25(42)34-2)17-10-36-41(12-17)14-27(29,30)15-46-47/h5-12H,4,13-15H2,1-3H3,(H,34,42)(H2,35,38,39,40)/t47-/m0/s1. The zero-order valence-electron chi connectivity index (χ0n) is 25.1. The Kier molecular flexibility index (Phi) is 9.47. The van der Waals surface area contributed by atoms with Crippen LogP contribution in [0, 0.1) is 0 Å². The number of ether oxygens (including phenoxy) is 1. The van der Waals surface area contributed by atoms with Gasteiger partial charge in [-0.05, 0) is 36.8 Å². The molecule has 8 rings (SSSR count). The lowest BCUT2D eigenvalue weighted by atomic mass is 10.1. The lowest BCUT2D eigenvalue weighted by Crippen LogP contribution is -2.29. The summed E-state index contributed by atoms with van der Waals surface area (Å²) in [5.74, 6) is -5.15. The van der Waals surface area contributed by atoms with Crippen LogP contribution in [0.5, 0.6) is 5.75 Å². The monoisotopic (exact) mass is 682 g/mol. The van der Waals surface area contributed by atoms with E-state index in [-0.39, 0.29) is 52.8 Å². The highest BCUT2D eigenvalue weighted by Crippen LogP contribution is 2.53. The number of carbonyl (C=O) groups is 1. The second-order valence-electron chi connectivity index (χ2n) is 10.2. The van der Waals surface area contributed by atoms with Gasteiger partial charge < -0.3 is 29.7 Å². The molecule has 8 bridgehead atoms. The van der Waals surface area contributed by atoms with Crippen molar-refractivity contribution < 1.29 is 45.1 Å². The van der Waals surface area contributed by atoms with Crippen molar-refractivity contribution in [1.29, 1.82) is 0 Å². The highest BCUT2D eigenvalue weighted by molar-refractivity contribution is 7.53. The maximum atomic E-state index is 15.1. The predicted molar refractivity (Wildman–Crippen MR) is 159 cm³/mol. The summed E-state index contributed by atoms with van der Waals surface area (Å²) >= 11 is 0. The molecule has 0 fully saturated rings. The second kappa shape index (κ2) is 13.2. The third-order valence-corrected chi connectivity index (χ3v) is 8.62. The Morgan fingerprint density at radius 3 is 2.62 bits per heavy atom. The molecule has 4 aliphatic rings. The number of anilines is 4. The Hall–Kier alpha value is -4.67. The summed E-state index contributed by atoms with van der Waals surface area (Å²) in [6.45, 7) is -0.770. The van der Waals surface area contributed by atoms with Gasteiger partial charge in [0.2, 0.25) is 5.95 Å². The van der Waals surface area contributed by atoms with E-state index in [9.17, 15) is 22.5 Å². The summed E-state index contributed by atoms with van der Waals surface area (Å²) in [6.07, 6.45) is -2.25. The van der Waals surface area contributed by atoms with Crippen LogP contribution in [-0.4, -0.2) is 63.9 Å². The van der Waals surface area contributed by atoms with Crippen molar-refractivity contribution in [3.63, 3.8) is 0 Å². The third kappa shape index (κ3) is 7.84. The SMILES string of the molecule is CCO[P@@]1(=O)Cc2ccc(c(OC)c2)Nc2ncc(C(F)(F)F)c(n2)Nc2ccc(nc2C(=O)NC)-c2cnn(c2)CC(F)(F)CO1. The van der Waals surface area contributed by atoms with Crippen molar-refractivity contribution in [2.45, 2.75) is 31.7 Å². The Labute approximate surface area is 264 Å². The number of hydrogen-bond donors (Lipinski definition) is 3. The van der Waals surface area contributed by atoms with E-state index in [1.165, 1.54) is 63.8 Å². The summed E-state index contributed by atoms with van der Waals surface area (Å²) in [6, 6.07) is 7.00. The summed E-state index contributed by atoms with van der Waals surface area (Å²) in [4.78, 5) is 24.9. The number of benzene rings is 1. The van der Waals surface area contributed by atoms with Crippen LogP contribution in [0.2, 0.25) is 0 Å². The number of nitrogens with one attached hydrogen (secondary N) is 3. The average Bonchev–Trinajstić information content (AvgIpc) is 3.47. The van der Waals surface area contributed by atoms with Crippen molar-refractivity contribution >= 4 is 36.6 Å². The van der Waals surface area contributed by atoms with Crippen LogP contribution in [0.15, 0.2) is 48.9 Å². The molecule has 0 saturated heterocycles. The molecule has 0 radical (unpaired) electrons. The van der Waals surface area contributed by atoms with E-state index in [1.807, 2.05) is 0 Å². The quantitative estimate of drug-likeness (QED) is 0.171. The van der Waals surface area contributed by atoms with Gasteiger partial charge in [-0.2, -0.15) is 23.3 Å². The van der Waals surface area contributed by atoms with Gasteiger partial charge in [0.1, 0.15) is 30.3 Å². The maximum absolute atomic E-state index is 15.1. The molecule has 0 aliphatic carbocycles. The number of halogens is 5. The summed E-state index contributed by atoms with van der Waals surface area (Å²) in [5.41, 5.74) is -0.815. The van der Waals surface area contributed by atoms with Crippen LogP contribution in [0.1, 0.15) is 28.5 Å². The minimum absolute atomic E-state index is 0.0897. The van der Waals surface area contributed by atoms with E-state index in [1.54, 1.807) is 0 Å². The van der Waals surface area contributed by atoms with E-state index in [0.717, 1.165) is 4.68 Å². The number of aromatic nitrogens is 5. The highest BCUT2D eigenvalue weighted by atomic mass is 31.2. The average molecular weight is 683 g/mol. The smallest absolute Gasteiger partial charge is 0.421 e. The van der Waals surface area contributed by atoms with E-state index >= 15 is 8.78 Å². The molecule has 3 aromatic heterocycles. The van der Waals surface area contributed by atoms with Crippen LogP contribution >= 0.6 is 7.60 Å². The Morgan fingerprint density at radius 2 is 1.91 bits per heavy atom. The molecule has 4 aliphatic heterocycles. The molecule has 250 valence electrons. The number of rotatable bonds is 4. The molecule has 13 nitrogen and oxygen atoms in total. The Bertz CT molecular complexity index is 1840. The van der Waals surface area contributed by atoms with Crippen molar-refractivity contribution in [3.05, 3.63) is 65.7 Å². The first-order valence-corrected chi connectivity index (χ1v) is 15.6. The molecule has 0 saturated carbocycles. The van der Waals surface area contributed by atoms with Gasteiger partial charge in [0.05, 0.1) is 43.1 Å². The number of amides is 1. The molecule has 19 heteroatoms. The number of hydrogen-bond acceptors (Lipinski definition) is 11. The zero-order valence-corrected chi connectivity index (χ0v) is 26.0. The van der Waals surface area contributed by atoms with Gasteiger partial charge in [-0.1, -0.05) is 6.07 Å². The van der Waals surface area contributed by atoms with Crippen LogP contribution in [0.4, 0.5) is 45.1 Å². The van der Waals surface area contributed by atoms with Gasteiger partial charge in [-0.15, -0.1) is 0 Å². The topological polar surface area (TPSA) is 154 Å². The Balaban J connectivity index is 1.65. The first-order valence-electron chi connectivity index (χ1n) is 13.9. The molecule has 7 heterocycles. The number of methoxy groups -OCH3 is 1. The van der Waals surface area contributed by atoms with E-state index in [2.05, 4.69) is 36.0 Å². The molecular weight excluding hydrogens is 654 g/mol. The fourth-order valence-electron chi connectivity index (χ4n) is 4.55. The summed E-state index contributed by atoms with van der Waals surface area (Å²) in [7, 11) is -1.50. The third-order valence-electron chi connectivity index (χ3n) is 6.69. The van der Waals surface area contributed by atoms with Crippen molar-refractivity contribution in [1.82, 2.24) is 30.0 Å². The van der Waals surface area contributed by atoms with E-state index < -0.39 is 50.1 Å². The maximum Gasteiger partial charge on any atom is 0.421 e. The van der Waals surface area contributed by atoms with Crippen LogP contribution in [-0.2, 0) is 32.5 Å². The molecule has 1 aromatic carbocycles. The molecule has 1 amide bonds. The zero-order chi connectivity index (χ0) is 34.0. The number of pyridine rings is 1. The van der Waals surface area contributed by atoms with E-state index in [0.29, 0.717) is 11.8 Å². The molecule has 47 heavy (non-hydrogen) atoms. The fraction of sp³-hybridized carbons (Fsp3) is 0.321.